The van der Waals surface area contributed by atoms with Crippen LogP contribution in [0.15, 0.2) is 18.2 Å². The summed E-state index contributed by atoms with van der Waals surface area (Å²) in [4.78, 5) is 25.9. The molecule has 0 bridgehead atoms. The average molecular weight is 359 g/mol. The average Bonchev–Trinajstić information content (AvgIpc) is 3.21. The van der Waals surface area contributed by atoms with Crippen molar-refractivity contribution >= 4 is 28.2 Å². The molecule has 1 N–H and O–H groups in total. The summed E-state index contributed by atoms with van der Waals surface area (Å²) >= 11 is 1.46. The normalized spacial score (nSPS) is 14.8. The first kappa shape index (κ1) is 16.0. The summed E-state index contributed by atoms with van der Waals surface area (Å²) in [5.74, 6) is 0.493. The maximum Gasteiger partial charge on any atom is 0.341 e. The molecule has 2 heterocycles. The minimum atomic E-state index is -0.406. The van der Waals surface area contributed by atoms with E-state index in [1.807, 2.05) is 0 Å². The number of methoxy groups -OCH3 is 1. The highest BCUT2D eigenvalue weighted by Crippen LogP contribution is 2.40. The lowest BCUT2D eigenvalue weighted by molar-refractivity contribution is 0.0601. The molecule has 130 valence electrons. The fraction of sp³-hybridized carbons (Fsp3) is 0.333. The van der Waals surface area contributed by atoms with Crippen molar-refractivity contribution in [2.24, 2.45) is 0 Å². The van der Waals surface area contributed by atoms with Gasteiger partial charge in [0, 0.05) is 10.4 Å². The van der Waals surface area contributed by atoms with Crippen LogP contribution in [0.2, 0.25) is 0 Å². The van der Waals surface area contributed by atoms with Gasteiger partial charge in [-0.1, -0.05) is 0 Å². The largest absolute Gasteiger partial charge is 0.486 e. The van der Waals surface area contributed by atoms with Crippen molar-refractivity contribution in [2.75, 3.05) is 25.6 Å². The van der Waals surface area contributed by atoms with Gasteiger partial charge in [-0.3, -0.25) is 4.79 Å². The van der Waals surface area contributed by atoms with Gasteiger partial charge >= 0.3 is 5.97 Å². The number of aryl methyl sites for hydroxylation is 1. The van der Waals surface area contributed by atoms with Crippen LogP contribution in [-0.4, -0.2) is 32.2 Å². The lowest BCUT2D eigenvalue weighted by atomic mass is 10.1. The third kappa shape index (κ3) is 2.84. The predicted molar refractivity (Wildman–Crippen MR) is 93.1 cm³/mol. The van der Waals surface area contributed by atoms with E-state index in [-0.39, 0.29) is 5.91 Å². The number of ether oxygens (including phenoxy) is 3. The molecule has 0 unspecified atom stereocenters. The van der Waals surface area contributed by atoms with Crippen molar-refractivity contribution < 1.29 is 23.8 Å². The second-order valence-corrected chi connectivity index (χ2v) is 6.97. The molecular formula is C18H17NO5S. The Labute approximate surface area is 148 Å². The van der Waals surface area contributed by atoms with Gasteiger partial charge in [-0.05, 0) is 43.0 Å². The van der Waals surface area contributed by atoms with Crippen molar-refractivity contribution in [3.8, 4) is 11.5 Å². The van der Waals surface area contributed by atoms with Crippen molar-refractivity contribution in [2.45, 2.75) is 19.3 Å². The first-order valence-electron chi connectivity index (χ1n) is 8.11. The molecule has 0 saturated heterocycles. The smallest absolute Gasteiger partial charge is 0.341 e. The minimum absolute atomic E-state index is 0.290. The summed E-state index contributed by atoms with van der Waals surface area (Å²) in [5.41, 5.74) is 1.95. The molecule has 1 amide bonds. The maximum atomic E-state index is 12.6. The maximum absolute atomic E-state index is 12.6. The Morgan fingerprint density at radius 1 is 1.16 bits per heavy atom. The highest BCUT2D eigenvalue weighted by molar-refractivity contribution is 7.17. The van der Waals surface area contributed by atoms with Crippen LogP contribution in [0.3, 0.4) is 0 Å². The van der Waals surface area contributed by atoms with Gasteiger partial charge in [0.05, 0.1) is 12.7 Å². The second-order valence-electron chi connectivity index (χ2n) is 5.87. The summed E-state index contributed by atoms with van der Waals surface area (Å²) in [6.07, 6.45) is 2.81. The zero-order chi connectivity index (χ0) is 17.4. The quantitative estimate of drug-likeness (QED) is 0.853. The molecule has 25 heavy (non-hydrogen) atoms. The molecule has 6 nitrogen and oxygen atoms in total. The highest BCUT2D eigenvalue weighted by Gasteiger charge is 2.28. The molecule has 0 spiro atoms. The molecule has 1 aromatic carbocycles. The zero-order valence-electron chi connectivity index (χ0n) is 13.7. The molecule has 1 aromatic heterocycles. The molecule has 2 aliphatic rings. The number of amides is 1. The van der Waals surface area contributed by atoms with Crippen LogP contribution >= 0.6 is 11.3 Å². The van der Waals surface area contributed by atoms with Crippen LogP contribution in [0.25, 0.3) is 0 Å². The number of carbonyl (C=O) groups excluding carboxylic acids is 2. The molecule has 0 radical (unpaired) electrons. The van der Waals surface area contributed by atoms with Crippen LogP contribution in [0, 0.1) is 0 Å². The van der Waals surface area contributed by atoms with Gasteiger partial charge in [0.2, 0.25) is 0 Å². The van der Waals surface area contributed by atoms with Crippen LogP contribution in [0.1, 0.15) is 37.6 Å². The number of nitrogens with one attached hydrogen (secondary N) is 1. The van der Waals surface area contributed by atoms with Crippen molar-refractivity contribution in [3.05, 3.63) is 39.8 Å². The summed E-state index contributed by atoms with van der Waals surface area (Å²) in [5, 5.41) is 3.41. The molecule has 2 aromatic rings. The Hall–Kier alpha value is -2.54. The number of rotatable bonds is 3. The van der Waals surface area contributed by atoms with E-state index >= 15 is 0 Å². The van der Waals surface area contributed by atoms with E-state index in [2.05, 4.69) is 5.32 Å². The Balaban J connectivity index is 1.62. The SMILES string of the molecule is COC(=O)c1c(NC(=O)c2ccc3c(c2)OCCO3)sc2c1CCC2. The Morgan fingerprint density at radius 2 is 1.96 bits per heavy atom. The van der Waals surface area contributed by atoms with Gasteiger partial charge < -0.3 is 19.5 Å². The number of benzene rings is 1. The first-order valence-corrected chi connectivity index (χ1v) is 8.93. The van der Waals surface area contributed by atoms with E-state index in [9.17, 15) is 9.59 Å². The van der Waals surface area contributed by atoms with E-state index in [0.29, 0.717) is 40.8 Å². The van der Waals surface area contributed by atoms with Crippen molar-refractivity contribution in [1.29, 1.82) is 0 Å². The molecule has 0 fully saturated rings. The number of anilines is 1. The van der Waals surface area contributed by atoms with Crippen LogP contribution in [0.5, 0.6) is 11.5 Å². The number of fused-ring (bicyclic) bond motifs is 2. The Kier molecular flexibility index (Phi) is 4.09. The van der Waals surface area contributed by atoms with E-state index in [1.165, 1.54) is 18.4 Å². The van der Waals surface area contributed by atoms with E-state index in [1.54, 1.807) is 18.2 Å². The predicted octanol–water partition coefficient (Wildman–Crippen LogP) is 3.05. The fourth-order valence-electron chi connectivity index (χ4n) is 3.17. The van der Waals surface area contributed by atoms with Crippen LogP contribution in [-0.2, 0) is 17.6 Å². The standard InChI is InChI=1S/C18H17NO5S/c1-22-18(21)15-11-3-2-4-14(11)25-17(15)19-16(20)10-5-6-12-13(9-10)24-8-7-23-12/h5-6,9H,2-4,7-8H2,1H3,(H,19,20). The minimum Gasteiger partial charge on any atom is -0.486 e. The van der Waals surface area contributed by atoms with Crippen molar-refractivity contribution in [1.82, 2.24) is 0 Å². The van der Waals surface area contributed by atoms with E-state index < -0.39 is 5.97 Å². The summed E-state index contributed by atoms with van der Waals surface area (Å²) in [6.45, 7) is 0.962. The number of carbonyl (C=O) groups is 2. The molecule has 7 heteroatoms. The number of hydrogen-bond acceptors (Lipinski definition) is 6. The fourth-order valence-corrected chi connectivity index (χ4v) is 4.44. The Morgan fingerprint density at radius 3 is 2.76 bits per heavy atom. The molecular weight excluding hydrogens is 342 g/mol. The lowest BCUT2D eigenvalue weighted by Gasteiger charge is -2.18. The first-order chi connectivity index (χ1) is 12.2. The van der Waals surface area contributed by atoms with Crippen LogP contribution < -0.4 is 14.8 Å². The molecule has 0 atom stereocenters. The molecule has 0 saturated carbocycles. The lowest BCUT2D eigenvalue weighted by Crippen LogP contribution is -2.17. The highest BCUT2D eigenvalue weighted by atomic mass is 32.1. The van der Waals surface area contributed by atoms with E-state index in [0.717, 1.165) is 29.7 Å². The topological polar surface area (TPSA) is 73.9 Å². The Bertz CT molecular complexity index is 857. The van der Waals surface area contributed by atoms with Gasteiger partial charge in [0.1, 0.15) is 18.2 Å². The third-order valence-corrected chi connectivity index (χ3v) is 5.55. The van der Waals surface area contributed by atoms with Gasteiger partial charge in [-0.2, -0.15) is 0 Å². The van der Waals surface area contributed by atoms with Gasteiger partial charge in [0.15, 0.2) is 11.5 Å². The monoisotopic (exact) mass is 359 g/mol. The second kappa shape index (κ2) is 6.40. The number of hydrogen-bond donors (Lipinski definition) is 1. The summed E-state index contributed by atoms with van der Waals surface area (Å²) in [6, 6.07) is 5.06. The third-order valence-electron chi connectivity index (χ3n) is 4.34. The number of esters is 1. The zero-order valence-corrected chi connectivity index (χ0v) is 14.5. The van der Waals surface area contributed by atoms with Crippen LogP contribution in [0.4, 0.5) is 5.00 Å². The van der Waals surface area contributed by atoms with Crippen molar-refractivity contribution in [3.63, 3.8) is 0 Å². The molecule has 4 rings (SSSR count). The van der Waals surface area contributed by atoms with E-state index in [4.69, 9.17) is 14.2 Å². The molecule has 1 aliphatic heterocycles. The summed E-state index contributed by atoms with van der Waals surface area (Å²) < 4.78 is 15.9. The molecule has 1 aliphatic carbocycles. The van der Waals surface area contributed by atoms with Gasteiger partial charge in [-0.15, -0.1) is 11.3 Å². The van der Waals surface area contributed by atoms with Gasteiger partial charge in [-0.25, -0.2) is 4.79 Å². The van der Waals surface area contributed by atoms with Gasteiger partial charge in [0.25, 0.3) is 5.91 Å². The summed E-state index contributed by atoms with van der Waals surface area (Å²) in [7, 11) is 1.35. The number of thiophene rings is 1.